The van der Waals surface area contributed by atoms with E-state index in [1.807, 2.05) is 0 Å². The van der Waals surface area contributed by atoms with E-state index in [0.29, 0.717) is 6.42 Å². The van der Waals surface area contributed by atoms with Crippen LogP contribution in [0.5, 0.6) is 0 Å². The van der Waals surface area contributed by atoms with Gasteiger partial charge in [0.2, 0.25) is 0 Å². The minimum absolute atomic E-state index is 0.0926. The molecule has 10 heteroatoms. The Bertz CT molecular complexity index is 375. The summed E-state index contributed by atoms with van der Waals surface area (Å²) in [6.45, 7) is 2.31. The zero-order chi connectivity index (χ0) is 17.5. The summed E-state index contributed by atoms with van der Waals surface area (Å²) in [5.74, 6) is 0. The lowest BCUT2D eigenvalue weighted by Crippen LogP contribution is -2.04. The van der Waals surface area contributed by atoms with Crippen LogP contribution < -0.4 is 0 Å². The zero-order valence-corrected chi connectivity index (χ0v) is 14.7. The molecular weight excluding hydrogens is 338 g/mol. The summed E-state index contributed by atoms with van der Waals surface area (Å²) in [7, 11) is -9.37. The van der Waals surface area contributed by atoms with Crippen molar-refractivity contribution >= 4 is 18.3 Å². The van der Waals surface area contributed by atoms with Crippen LogP contribution in [0.3, 0.4) is 0 Å². The smallest absolute Gasteiger partial charge is 0.299 e. The molecule has 0 aromatic heterocycles. The van der Waals surface area contributed by atoms with Crippen molar-refractivity contribution in [2.45, 2.75) is 71.1 Å². The Labute approximate surface area is 132 Å². The van der Waals surface area contributed by atoms with Crippen LogP contribution in [0.25, 0.3) is 0 Å². The molecule has 0 spiro atoms. The summed E-state index contributed by atoms with van der Waals surface area (Å²) < 4.78 is 52.0. The van der Waals surface area contributed by atoms with Crippen molar-refractivity contribution in [3.8, 4) is 0 Å². The molecule has 7 nitrogen and oxygen atoms in total. The van der Waals surface area contributed by atoms with E-state index in [1.54, 1.807) is 0 Å². The molecule has 0 saturated carbocycles. The number of hydrogen-bond acceptors (Lipinski definition) is 4. The molecule has 136 valence electrons. The minimum Gasteiger partial charge on any atom is -0.299 e. The molecule has 0 bridgehead atoms. The maximum atomic E-state index is 10.4. The molecule has 0 aliphatic carbocycles. The second-order valence-corrected chi connectivity index (χ2v) is 6.94. The first-order valence-corrected chi connectivity index (χ1v) is 10.3. The van der Waals surface area contributed by atoms with Gasteiger partial charge in [-0.15, -0.1) is 4.20 Å². The highest BCUT2D eigenvalue weighted by molar-refractivity contribution is 7.80. The Hall–Kier alpha value is -0.0500. The SMILES string of the molecule is CCCCCCCCCCCCOS(=O)(=O)O.O=P(O)(O)F. The number of unbranched alkanes of at least 4 members (excludes halogenated alkanes) is 9. The van der Waals surface area contributed by atoms with Crippen molar-refractivity contribution in [3.63, 3.8) is 0 Å². The third-order valence-electron chi connectivity index (χ3n) is 2.73. The van der Waals surface area contributed by atoms with Gasteiger partial charge in [0, 0.05) is 0 Å². The van der Waals surface area contributed by atoms with Gasteiger partial charge in [-0.25, -0.2) is 8.75 Å². The van der Waals surface area contributed by atoms with Crippen LogP contribution in [-0.2, 0) is 19.1 Å². The van der Waals surface area contributed by atoms with Gasteiger partial charge in [-0.3, -0.25) is 14.3 Å². The molecule has 0 aromatic carbocycles. The highest BCUT2D eigenvalue weighted by Gasteiger charge is 2.05. The van der Waals surface area contributed by atoms with Crippen LogP contribution >= 0.6 is 7.91 Å². The third kappa shape index (κ3) is 36.8. The molecule has 22 heavy (non-hydrogen) atoms. The number of rotatable bonds is 12. The maximum Gasteiger partial charge on any atom is 0.507 e. The highest BCUT2D eigenvalue weighted by atomic mass is 32.3. The van der Waals surface area contributed by atoms with E-state index in [0.717, 1.165) is 12.8 Å². The van der Waals surface area contributed by atoms with Gasteiger partial charge >= 0.3 is 18.3 Å². The Morgan fingerprint density at radius 3 is 1.55 bits per heavy atom. The van der Waals surface area contributed by atoms with Gasteiger partial charge in [-0.2, -0.15) is 8.42 Å². The van der Waals surface area contributed by atoms with Crippen molar-refractivity contribution in [3.05, 3.63) is 0 Å². The van der Waals surface area contributed by atoms with Crippen molar-refractivity contribution in [1.82, 2.24) is 0 Å². The third-order valence-corrected chi connectivity index (χ3v) is 3.19. The van der Waals surface area contributed by atoms with Gasteiger partial charge in [0.25, 0.3) is 0 Å². The molecular formula is C12H28FO7PS. The van der Waals surface area contributed by atoms with Crippen molar-refractivity contribution < 1.29 is 35.7 Å². The van der Waals surface area contributed by atoms with E-state index >= 15 is 0 Å². The van der Waals surface area contributed by atoms with Crippen molar-refractivity contribution in [2.24, 2.45) is 0 Å². The van der Waals surface area contributed by atoms with Crippen molar-refractivity contribution in [1.29, 1.82) is 0 Å². The molecule has 0 unspecified atom stereocenters. The fraction of sp³-hybridized carbons (Fsp3) is 1.00. The topological polar surface area (TPSA) is 121 Å². The first kappa shape index (κ1) is 24.2. The summed E-state index contributed by atoms with van der Waals surface area (Å²) in [5, 5.41) is 0. The molecule has 0 aliphatic heterocycles. The van der Waals surface area contributed by atoms with Crippen LogP contribution in [0.1, 0.15) is 71.1 Å². The second kappa shape index (κ2) is 14.5. The summed E-state index contributed by atoms with van der Waals surface area (Å²) in [6, 6.07) is 0. The summed E-state index contributed by atoms with van der Waals surface area (Å²) >= 11 is 0. The quantitative estimate of drug-likeness (QED) is 0.273. The Balaban J connectivity index is 0. The Morgan fingerprint density at radius 1 is 0.909 bits per heavy atom. The van der Waals surface area contributed by atoms with E-state index in [9.17, 15) is 12.6 Å². The number of hydrogen-bond donors (Lipinski definition) is 3. The first-order valence-electron chi connectivity index (χ1n) is 7.43. The summed E-state index contributed by atoms with van der Waals surface area (Å²) in [4.78, 5) is 13.9. The Morgan fingerprint density at radius 2 is 1.23 bits per heavy atom. The second-order valence-electron chi connectivity index (χ2n) is 4.90. The lowest BCUT2D eigenvalue weighted by Gasteiger charge is -2.02. The van der Waals surface area contributed by atoms with Crippen LogP contribution in [0.4, 0.5) is 4.20 Å². The van der Waals surface area contributed by atoms with Crippen molar-refractivity contribution in [2.75, 3.05) is 6.61 Å². The molecule has 0 aliphatic rings. The fourth-order valence-electron chi connectivity index (χ4n) is 1.75. The summed E-state index contributed by atoms with van der Waals surface area (Å²) in [5.41, 5.74) is 0. The van der Waals surface area contributed by atoms with Gasteiger partial charge < -0.3 is 0 Å². The van der Waals surface area contributed by atoms with Gasteiger partial charge in [-0.05, 0) is 6.42 Å². The maximum absolute atomic E-state index is 10.4. The first-order chi connectivity index (χ1) is 10.1. The lowest BCUT2D eigenvalue weighted by atomic mass is 10.1. The fourth-order valence-corrected chi connectivity index (χ4v) is 2.08. The molecule has 3 N–H and O–H groups in total. The van der Waals surface area contributed by atoms with Crippen LogP contribution in [0.2, 0.25) is 0 Å². The van der Waals surface area contributed by atoms with Crippen LogP contribution in [0, 0.1) is 0 Å². The molecule has 0 heterocycles. The van der Waals surface area contributed by atoms with Crippen LogP contribution in [0.15, 0.2) is 0 Å². The number of halogens is 1. The predicted molar refractivity (Wildman–Crippen MR) is 82.5 cm³/mol. The molecule has 0 aromatic rings. The molecule has 0 atom stereocenters. The Kier molecular flexibility index (Phi) is 16.0. The van der Waals surface area contributed by atoms with Gasteiger partial charge in [0.1, 0.15) is 0 Å². The van der Waals surface area contributed by atoms with E-state index in [4.69, 9.17) is 18.9 Å². The summed E-state index contributed by atoms with van der Waals surface area (Å²) in [6.07, 6.45) is 11.9. The largest absolute Gasteiger partial charge is 0.507 e. The highest BCUT2D eigenvalue weighted by Crippen LogP contribution is 2.35. The molecule has 0 radical (unpaired) electrons. The van der Waals surface area contributed by atoms with E-state index in [2.05, 4.69) is 11.1 Å². The van der Waals surface area contributed by atoms with Gasteiger partial charge in [-0.1, -0.05) is 64.7 Å². The molecule has 0 saturated heterocycles. The monoisotopic (exact) mass is 366 g/mol. The van der Waals surface area contributed by atoms with E-state index in [1.165, 1.54) is 44.9 Å². The van der Waals surface area contributed by atoms with E-state index in [-0.39, 0.29) is 6.61 Å². The van der Waals surface area contributed by atoms with Gasteiger partial charge in [0.15, 0.2) is 0 Å². The minimum atomic E-state index is -5.14. The van der Waals surface area contributed by atoms with Gasteiger partial charge in [0.05, 0.1) is 6.61 Å². The average Bonchev–Trinajstić information content (AvgIpc) is 2.32. The standard InChI is InChI=1S/C12H26O4S.FH2O3P/c1-2-3-4-5-6-7-8-9-10-11-12-16-17(13,14)15;1-5(2,3)4/h2-12H2,1H3,(H,13,14,15);(H2,2,3,4). The lowest BCUT2D eigenvalue weighted by molar-refractivity contribution is 0.261. The van der Waals surface area contributed by atoms with E-state index < -0.39 is 18.3 Å². The normalized spacial score (nSPS) is 11.9. The molecule has 0 amide bonds. The predicted octanol–water partition coefficient (Wildman–Crippen LogP) is 3.78. The zero-order valence-electron chi connectivity index (χ0n) is 13.0. The molecule has 0 rings (SSSR count). The average molecular weight is 366 g/mol. The van der Waals surface area contributed by atoms with Crippen LogP contribution in [-0.4, -0.2) is 29.4 Å². The molecule has 0 fully saturated rings.